The first-order chi connectivity index (χ1) is 13.7. The molecule has 0 atom stereocenters. The lowest BCUT2D eigenvalue weighted by Gasteiger charge is -2.34. The molecule has 1 aliphatic heterocycles. The van der Waals surface area contributed by atoms with E-state index in [1.807, 2.05) is 59.5 Å². The van der Waals surface area contributed by atoms with Crippen molar-refractivity contribution in [3.05, 3.63) is 60.4 Å². The van der Waals surface area contributed by atoms with Crippen LogP contribution in [0.2, 0.25) is 0 Å². The lowest BCUT2D eigenvalue weighted by Crippen LogP contribution is -2.49. The van der Waals surface area contributed by atoms with Gasteiger partial charge in [0.1, 0.15) is 23.7 Å². The van der Waals surface area contributed by atoms with E-state index < -0.39 is 0 Å². The van der Waals surface area contributed by atoms with Crippen molar-refractivity contribution in [1.82, 2.24) is 9.80 Å². The number of para-hydroxylation sites is 1. The van der Waals surface area contributed by atoms with Crippen LogP contribution in [-0.2, 0) is 0 Å². The predicted octanol–water partition coefficient (Wildman–Crippen LogP) is 3.28. The molecule has 1 saturated heterocycles. The topological polar surface area (TPSA) is 55.2 Å². The summed E-state index contributed by atoms with van der Waals surface area (Å²) in [5, 5.41) is 0.958. The Morgan fingerprint density at radius 1 is 1.00 bits per heavy atom. The van der Waals surface area contributed by atoms with Crippen molar-refractivity contribution in [2.45, 2.75) is 0 Å². The summed E-state index contributed by atoms with van der Waals surface area (Å²) < 4.78 is 16.6. The van der Waals surface area contributed by atoms with Gasteiger partial charge in [0.25, 0.3) is 5.91 Å². The number of benzene rings is 2. The van der Waals surface area contributed by atoms with Gasteiger partial charge in [0.15, 0.2) is 5.76 Å². The van der Waals surface area contributed by atoms with Crippen LogP contribution in [0, 0.1) is 0 Å². The summed E-state index contributed by atoms with van der Waals surface area (Å²) in [6, 6.07) is 17.1. The van der Waals surface area contributed by atoms with Gasteiger partial charge in [-0.05, 0) is 36.4 Å². The molecular formula is C22H24N2O4. The number of nitrogens with zero attached hydrogens (tertiary/aromatic N) is 2. The normalized spacial score (nSPS) is 15.0. The Bertz CT molecular complexity index is 894. The zero-order valence-electron chi connectivity index (χ0n) is 16.0. The van der Waals surface area contributed by atoms with E-state index in [1.165, 1.54) is 0 Å². The molecule has 1 fully saturated rings. The van der Waals surface area contributed by atoms with Gasteiger partial charge in [0, 0.05) is 38.1 Å². The van der Waals surface area contributed by atoms with Crippen LogP contribution in [0.3, 0.4) is 0 Å². The van der Waals surface area contributed by atoms with Crippen LogP contribution in [-0.4, -0.2) is 62.1 Å². The number of rotatable bonds is 6. The highest BCUT2D eigenvalue weighted by Gasteiger charge is 2.24. The van der Waals surface area contributed by atoms with Gasteiger partial charge < -0.3 is 18.8 Å². The van der Waals surface area contributed by atoms with Gasteiger partial charge in [-0.15, -0.1) is 0 Å². The molecule has 1 amide bonds. The summed E-state index contributed by atoms with van der Waals surface area (Å²) in [7, 11) is 1.65. The molecule has 146 valence electrons. The van der Waals surface area contributed by atoms with Crippen molar-refractivity contribution in [3.63, 3.8) is 0 Å². The predicted molar refractivity (Wildman–Crippen MR) is 107 cm³/mol. The van der Waals surface area contributed by atoms with Gasteiger partial charge in [0.2, 0.25) is 0 Å². The minimum absolute atomic E-state index is 0.0367. The summed E-state index contributed by atoms with van der Waals surface area (Å²) in [6.45, 7) is 4.50. The van der Waals surface area contributed by atoms with E-state index in [1.54, 1.807) is 7.11 Å². The number of hydrogen-bond donors (Lipinski definition) is 0. The first-order valence-electron chi connectivity index (χ1n) is 9.50. The average Bonchev–Trinajstić information content (AvgIpc) is 3.18. The fourth-order valence-electron chi connectivity index (χ4n) is 3.38. The third kappa shape index (κ3) is 4.12. The number of hydrogen-bond acceptors (Lipinski definition) is 5. The third-order valence-electron chi connectivity index (χ3n) is 5.03. The van der Waals surface area contributed by atoms with E-state index in [4.69, 9.17) is 13.9 Å². The summed E-state index contributed by atoms with van der Waals surface area (Å²) in [4.78, 5) is 16.9. The van der Waals surface area contributed by atoms with Crippen LogP contribution in [0.25, 0.3) is 11.0 Å². The highest BCUT2D eigenvalue weighted by atomic mass is 16.5. The molecule has 1 aromatic heterocycles. The molecule has 0 unspecified atom stereocenters. The number of carbonyl (C=O) groups is 1. The number of piperazine rings is 1. The van der Waals surface area contributed by atoms with Crippen LogP contribution >= 0.6 is 0 Å². The third-order valence-corrected chi connectivity index (χ3v) is 5.03. The summed E-state index contributed by atoms with van der Waals surface area (Å²) in [5.74, 6) is 2.03. The number of carbonyl (C=O) groups excluding carboxylic acids is 1. The molecule has 0 saturated carbocycles. The maximum absolute atomic E-state index is 12.7. The van der Waals surface area contributed by atoms with Crippen LogP contribution in [0.1, 0.15) is 10.6 Å². The Morgan fingerprint density at radius 3 is 2.43 bits per heavy atom. The van der Waals surface area contributed by atoms with E-state index in [-0.39, 0.29) is 5.91 Å². The molecule has 0 spiro atoms. The molecule has 2 aromatic carbocycles. The zero-order valence-corrected chi connectivity index (χ0v) is 16.0. The van der Waals surface area contributed by atoms with E-state index in [9.17, 15) is 4.79 Å². The lowest BCUT2D eigenvalue weighted by atomic mass is 10.2. The first-order valence-corrected chi connectivity index (χ1v) is 9.50. The second-order valence-corrected chi connectivity index (χ2v) is 6.81. The van der Waals surface area contributed by atoms with Crippen molar-refractivity contribution in [1.29, 1.82) is 0 Å². The van der Waals surface area contributed by atoms with Crippen molar-refractivity contribution in [2.24, 2.45) is 0 Å². The average molecular weight is 380 g/mol. The van der Waals surface area contributed by atoms with E-state index in [2.05, 4.69) is 4.90 Å². The minimum Gasteiger partial charge on any atom is -0.497 e. The SMILES string of the molecule is COc1ccc(OCCN2CCN(C(=O)c3cc4ccccc4o3)CC2)cc1. The second-order valence-electron chi connectivity index (χ2n) is 6.81. The molecule has 6 nitrogen and oxygen atoms in total. The van der Waals surface area contributed by atoms with Crippen molar-refractivity contribution in [3.8, 4) is 11.5 Å². The lowest BCUT2D eigenvalue weighted by molar-refractivity contribution is 0.0592. The summed E-state index contributed by atoms with van der Waals surface area (Å²) in [6.07, 6.45) is 0. The molecule has 0 N–H and O–H groups in total. The van der Waals surface area contributed by atoms with Crippen LogP contribution < -0.4 is 9.47 Å². The Labute approximate surface area is 164 Å². The molecule has 2 heterocycles. The Hall–Kier alpha value is -2.99. The maximum atomic E-state index is 12.7. The Morgan fingerprint density at radius 2 is 1.71 bits per heavy atom. The van der Waals surface area contributed by atoms with Crippen LogP contribution in [0.4, 0.5) is 0 Å². The quantitative estimate of drug-likeness (QED) is 0.657. The van der Waals surface area contributed by atoms with Crippen LogP contribution in [0.15, 0.2) is 59.0 Å². The van der Waals surface area contributed by atoms with Crippen LogP contribution in [0.5, 0.6) is 11.5 Å². The zero-order chi connectivity index (χ0) is 19.3. The number of amides is 1. The number of ether oxygens (including phenoxy) is 2. The van der Waals surface area contributed by atoms with Crippen molar-refractivity contribution in [2.75, 3.05) is 46.4 Å². The number of methoxy groups -OCH3 is 1. The molecule has 3 aromatic rings. The fraction of sp³-hybridized carbons (Fsp3) is 0.318. The van der Waals surface area contributed by atoms with Crippen molar-refractivity contribution < 1.29 is 18.7 Å². The monoisotopic (exact) mass is 380 g/mol. The van der Waals surface area contributed by atoms with Gasteiger partial charge in [-0.3, -0.25) is 9.69 Å². The molecule has 0 radical (unpaired) electrons. The molecular weight excluding hydrogens is 356 g/mol. The summed E-state index contributed by atoms with van der Waals surface area (Å²) >= 11 is 0. The highest BCUT2D eigenvalue weighted by Crippen LogP contribution is 2.21. The fourth-order valence-corrected chi connectivity index (χ4v) is 3.38. The van der Waals surface area contributed by atoms with Gasteiger partial charge in [-0.25, -0.2) is 0 Å². The Balaban J connectivity index is 1.24. The maximum Gasteiger partial charge on any atom is 0.289 e. The molecule has 0 bridgehead atoms. The Kier molecular flexibility index (Phi) is 5.48. The second kappa shape index (κ2) is 8.35. The first kappa shape index (κ1) is 18.4. The van der Waals surface area contributed by atoms with Gasteiger partial charge in [-0.1, -0.05) is 18.2 Å². The van der Waals surface area contributed by atoms with E-state index in [0.29, 0.717) is 25.5 Å². The van der Waals surface area contributed by atoms with Gasteiger partial charge >= 0.3 is 0 Å². The largest absolute Gasteiger partial charge is 0.497 e. The summed E-state index contributed by atoms with van der Waals surface area (Å²) in [5.41, 5.74) is 0.750. The number of furan rings is 1. The molecule has 1 aliphatic rings. The molecule has 4 rings (SSSR count). The molecule has 28 heavy (non-hydrogen) atoms. The van der Waals surface area contributed by atoms with E-state index >= 15 is 0 Å². The van der Waals surface area contributed by atoms with Crippen molar-refractivity contribution >= 4 is 16.9 Å². The smallest absolute Gasteiger partial charge is 0.289 e. The highest BCUT2D eigenvalue weighted by molar-refractivity contribution is 5.96. The standard InChI is InChI=1S/C22H24N2O4/c1-26-18-6-8-19(9-7-18)27-15-14-23-10-12-24(13-11-23)22(25)21-16-17-4-2-3-5-20(17)28-21/h2-9,16H,10-15H2,1H3. The minimum atomic E-state index is -0.0367. The molecule has 0 aliphatic carbocycles. The van der Waals surface area contributed by atoms with Gasteiger partial charge in [-0.2, -0.15) is 0 Å². The molecule has 6 heteroatoms. The van der Waals surface area contributed by atoms with Gasteiger partial charge in [0.05, 0.1) is 7.11 Å². The number of fused-ring (bicyclic) bond motifs is 1. The van der Waals surface area contributed by atoms with E-state index in [0.717, 1.165) is 42.1 Å².